The Hall–Kier alpha value is -0.560. The molecule has 2 saturated carbocycles. The molecular weight excluding hydrogens is 172 g/mol. The van der Waals surface area contributed by atoms with E-state index in [1.54, 1.807) is 0 Å². The van der Waals surface area contributed by atoms with Crippen LogP contribution in [0, 0.1) is 23.7 Å². The molecule has 0 aliphatic heterocycles. The van der Waals surface area contributed by atoms with Crippen LogP contribution in [-0.2, 0) is 4.74 Å². The smallest absolute Gasteiger partial charge is 0.0648 e. The molecule has 0 aromatic rings. The standard InChI is InChI=1S/C13H18O/c1-2-6-14-13-8-9-7-12(13)11-5-3-4-10(9)11/h2-4,9-13H,1,5-8H2/t9-,10-,11+,12-,13-/m1/s1. The molecular formula is C13H18O. The van der Waals surface area contributed by atoms with E-state index in [4.69, 9.17) is 4.74 Å². The third-order valence-electron chi connectivity index (χ3n) is 4.37. The first-order valence-electron chi connectivity index (χ1n) is 5.79. The normalized spacial score (nSPS) is 48.4. The van der Waals surface area contributed by atoms with Crippen molar-refractivity contribution in [2.45, 2.75) is 25.4 Å². The van der Waals surface area contributed by atoms with Crippen LogP contribution in [0.15, 0.2) is 24.8 Å². The molecule has 3 rings (SSSR count). The Morgan fingerprint density at radius 3 is 3.14 bits per heavy atom. The van der Waals surface area contributed by atoms with Crippen molar-refractivity contribution in [2.75, 3.05) is 6.61 Å². The Bertz CT molecular complexity index is 268. The van der Waals surface area contributed by atoms with Gasteiger partial charge in [-0.1, -0.05) is 18.2 Å². The number of hydrogen-bond acceptors (Lipinski definition) is 1. The number of hydrogen-bond donors (Lipinski definition) is 0. The number of allylic oxidation sites excluding steroid dienone is 2. The van der Waals surface area contributed by atoms with Crippen molar-refractivity contribution < 1.29 is 4.74 Å². The van der Waals surface area contributed by atoms with E-state index >= 15 is 0 Å². The van der Waals surface area contributed by atoms with Crippen LogP contribution < -0.4 is 0 Å². The van der Waals surface area contributed by atoms with Gasteiger partial charge in [0.15, 0.2) is 0 Å². The minimum atomic E-state index is 0.541. The maximum Gasteiger partial charge on any atom is 0.0648 e. The van der Waals surface area contributed by atoms with Crippen molar-refractivity contribution in [3.8, 4) is 0 Å². The summed E-state index contributed by atoms with van der Waals surface area (Å²) in [6.07, 6.45) is 11.3. The van der Waals surface area contributed by atoms with Gasteiger partial charge in [-0.2, -0.15) is 0 Å². The maximum atomic E-state index is 5.85. The predicted octanol–water partition coefficient (Wildman–Crippen LogP) is 2.79. The van der Waals surface area contributed by atoms with Gasteiger partial charge in [-0.25, -0.2) is 0 Å². The third-order valence-corrected chi connectivity index (χ3v) is 4.37. The molecule has 0 aromatic carbocycles. The summed E-state index contributed by atoms with van der Waals surface area (Å²) in [5, 5.41) is 0. The lowest BCUT2D eigenvalue weighted by Crippen LogP contribution is -2.30. The van der Waals surface area contributed by atoms with Gasteiger partial charge in [-0.3, -0.25) is 0 Å². The molecule has 5 atom stereocenters. The van der Waals surface area contributed by atoms with Gasteiger partial charge in [0, 0.05) is 0 Å². The van der Waals surface area contributed by atoms with E-state index in [2.05, 4.69) is 18.7 Å². The number of rotatable bonds is 3. The van der Waals surface area contributed by atoms with E-state index in [1.165, 1.54) is 19.3 Å². The Morgan fingerprint density at radius 1 is 1.36 bits per heavy atom. The van der Waals surface area contributed by atoms with E-state index in [-0.39, 0.29) is 0 Å². The van der Waals surface area contributed by atoms with Crippen LogP contribution in [0.3, 0.4) is 0 Å². The maximum absolute atomic E-state index is 5.85. The van der Waals surface area contributed by atoms with Crippen LogP contribution in [0.5, 0.6) is 0 Å². The highest BCUT2D eigenvalue weighted by Crippen LogP contribution is 2.57. The average molecular weight is 190 g/mol. The van der Waals surface area contributed by atoms with E-state index < -0.39 is 0 Å². The zero-order chi connectivity index (χ0) is 9.54. The van der Waals surface area contributed by atoms with E-state index in [0.717, 1.165) is 30.3 Å². The third kappa shape index (κ3) is 1.12. The molecule has 1 heteroatoms. The summed E-state index contributed by atoms with van der Waals surface area (Å²) in [7, 11) is 0. The van der Waals surface area contributed by atoms with Gasteiger partial charge >= 0.3 is 0 Å². The minimum Gasteiger partial charge on any atom is -0.374 e. The lowest BCUT2D eigenvalue weighted by atomic mass is 9.80. The molecule has 76 valence electrons. The molecule has 0 aromatic heterocycles. The SMILES string of the molecule is C=CCO[C@@H]1C[C@H]2C[C@@H]1[C@H]1CC=C[C@H]21. The molecule has 3 aliphatic rings. The molecule has 0 unspecified atom stereocenters. The largest absolute Gasteiger partial charge is 0.374 e. The van der Waals surface area contributed by atoms with Gasteiger partial charge in [0.05, 0.1) is 12.7 Å². The first-order valence-corrected chi connectivity index (χ1v) is 5.79. The second-order valence-corrected chi connectivity index (χ2v) is 4.96. The second kappa shape index (κ2) is 3.23. The van der Waals surface area contributed by atoms with Crippen molar-refractivity contribution in [2.24, 2.45) is 23.7 Å². The molecule has 1 nitrogen and oxygen atoms in total. The molecule has 0 N–H and O–H groups in total. The van der Waals surface area contributed by atoms with Gasteiger partial charge in [0.25, 0.3) is 0 Å². The first kappa shape index (κ1) is 8.72. The summed E-state index contributed by atoms with van der Waals surface area (Å²) in [5.41, 5.74) is 0. The fourth-order valence-electron chi connectivity index (χ4n) is 3.88. The van der Waals surface area contributed by atoms with Crippen molar-refractivity contribution in [1.82, 2.24) is 0 Å². The molecule has 2 fully saturated rings. The molecule has 0 heterocycles. The van der Waals surface area contributed by atoms with E-state index in [1.807, 2.05) is 6.08 Å². The number of ether oxygens (including phenoxy) is 1. The zero-order valence-corrected chi connectivity index (χ0v) is 8.56. The average Bonchev–Trinajstić information content (AvgIpc) is 2.85. The minimum absolute atomic E-state index is 0.541. The van der Waals surface area contributed by atoms with Crippen LogP contribution >= 0.6 is 0 Å². The highest BCUT2D eigenvalue weighted by Gasteiger charge is 2.52. The van der Waals surface area contributed by atoms with Crippen LogP contribution in [0.4, 0.5) is 0 Å². The second-order valence-electron chi connectivity index (χ2n) is 4.96. The van der Waals surface area contributed by atoms with Crippen LogP contribution in [0.25, 0.3) is 0 Å². The van der Waals surface area contributed by atoms with E-state index in [0.29, 0.717) is 6.10 Å². The molecule has 0 radical (unpaired) electrons. The zero-order valence-electron chi connectivity index (χ0n) is 8.56. The topological polar surface area (TPSA) is 9.23 Å². The summed E-state index contributed by atoms with van der Waals surface area (Å²) in [4.78, 5) is 0. The van der Waals surface area contributed by atoms with Gasteiger partial charge in [-0.05, 0) is 42.9 Å². The predicted molar refractivity (Wildman–Crippen MR) is 56.9 cm³/mol. The van der Waals surface area contributed by atoms with Gasteiger partial charge in [0.2, 0.25) is 0 Å². The van der Waals surface area contributed by atoms with E-state index in [9.17, 15) is 0 Å². The molecule has 2 bridgehead atoms. The molecule has 0 amide bonds. The summed E-state index contributed by atoms with van der Waals surface area (Å²) in [5.74, 6) is 3.60. The summed E-state index contributed by atoms with van der Waals surface area (Å²) >= 11 is 0. The molecule has 14 heavy (non-hydrogen) atoms. The van der Waals surface area contributed by atoms with Crippen molar-refractivity contribution >= 4 is 0 Å². The molecule has 3 aliphatic carbocycles. The van der Waals surface area contributed by atoms with Crippen LogP contribution in [-0.4, -0.2) is 12.7 Å². The lowest BCUT2D eigenvalue weighted by molar-refractivity contribution is 0.00693. The first-order chi connectivity index (χ1) is 6.90. The van der Waals surface area contributed by atoms with Gasteiger partial charge in [-0.15, -0.1) is 6.58 Å². The highest BCUT2D eigenvalue weighted by atomic mass is 16.5. The summed E-state index contributed by atoms with van der Waals surface area (Å²) in [6.45, 7) is 4.45. The van der Waals surface area contributed by atoms with Gasteiger partial charge < -0.3 is 4.74 Å². The Kier molecular flexibility index (Phi) is 2.01. The van der Waals surface area contributed by atoms with Crippen molar-refractivity contribution in [3.05, 3.63) is 24.8 Å². The monoisotopic (exact) mass is 190 g/mol. The lowest BCUT2D eigenvalue weighted by Gasteiger charge is -2.31. The Balaban J connectivity index is 1.69. The van der Waals surface area contributed by atoms with Crippen molar-refractivity contribution in [3.63, 3.8) is 0 Å². The van der Waals surface area contributed by atoms with Crippen LogP contribution in [0.1, 0.15) is 19.3 Å². The Morgan fingerprint density at radius 2 is 2.29 bits per heavy atom. The van der Waals surface area contributed by atoms with Crippen molar-refractivity contribution in [1.29, 1.82) is 0 Å². The molecule has 0 saturated heterocycles. The fourth-order valence-corrected chi connectivity index (χ4v) is 3.88. The van der Waals surface area contributed by atoms with Gasteiger partial charge in [0.1, 0.15) is 0 Å². The highest BCUT2D eigenvalue weighted by molar-refractivity contribution is 5.14. The summed E-state index contributed by atoms with van der Waals surface area (Å²) < 4.78 is 5.85. The fraction of sp³-hybridized carbons (Fsp3) is 0.692. The summed E-state index contributed by atoms with van der Waals surface area (Å²) in [6, 6.07) is 0. The van der Waals surface area contributed by atoms with Crippen LogP contribution in [0.2, 0.25) is 0 Å². The quantitative estimate of drug-likeness (QED) is 0.622. The Labute approximate surface area is 85.8 Å². The number of fused-ring (bicyclic) bond motifs is 5. The molecule has 0 spiro atoms.